The van der Waals surface area contributed by atoms with Gasteiger partial charge in [-0.2, -0.15) is 0 Å². The van der Waals surface area contributed by atoms with Gasteiger partial charge in [-0.25, -0.2) is 15.0 Å². The summed E-state index contributed by atoms with van der Waals surface area (Å²) in [5.41, 5.74) is 0. The van der Waals surface area contributed by atoms with Gasteiger partial charge in [0.1, 0.15) is 5.01 Å². The highest BCUT2D eigenvalue weighted by Gasteiger charge is 2.00. The third-order valence-corrected chi connectivity index (χ3v) is 3.50. The van der Waals surface area contributed by atoms with Crippen molar-refractivity contribution in [2.24, 2.45) is 4.99 Å². The number of hydrogen-bond donors (Lipinski definition) is 2. The van der Waals surface area contributed by atoms with Crippen LogP contribution in [0.3, 0.4) is 0 Å². The molecule has 0 spiro atoms. The van der Waals surface area contributed by atoms with Crippen LogP contribution in [0.25, 0.3) is 0 Å². The third-order valence-electron chi connectivity index (χ3n) is 2.61. The highest BCUT2D eigenvalue weighted by Crippen LogP contribution is 2.11. The Morgan fingerprint density at radius 3 is 2.90 bits per heavy atom. The quantitative estimate of drug-likeness (QED) is 0.427. The second-order valence-electron chi connectivity index (χ2n) is 4.29. The topological polar surface area (TPSA) is 67.1 Å². The number of aliphatic imine (C=N–C) groups is 1. The summed E-state index contributed by atoms with van der Waals surface area (Å²) in [5, 5.41) is 7.57. The van der Waals surface area contributed by atoms with Crippen LogP contribution in [0, 0.1) is 6.92 Å². The first kappa shape index (κ1) is 17.9. The molecule has 0 fully saturated rings. The number of nitrogens with zero attached hydrogens (tertiary/aromatic N) is 4. The number of aryl methyl sites for hydroxylation is 1. The van der Waals surface area contributed by atoms with Crippen molar-refractivity contribution in [3.63, 3.8) is 0 Å². The first-order chi connectivity index (χ1) is 9.78. The van der Waals surface area contributed by atoms with Gasteiger partial charge in [0.15, 0.2) is 5.96 Å². The van der Waals surface area contributed by atoms with Gasteiger partial charge in [-0.15, -0.1) is 35.3 Å². The fraction of sp³-hybridized carbons (Fsp3) is 0.462. The molecule has 0 atom stereocenters. The zero-order valence-electron chi connectivity index (χ0n) is 12.2. The average Bonchev–Trinajstić information content (AvgIpc) is 3.07. The lowest BCUT2D eigenvalue weighted by Gasteiger charge is -2.11. The van der Waals surface area contributed by atoms with Crippen LogP contribution in [0.1, 0.15) is 16.8 Å². The fourth-order valence-corrected chi connectivity index (χ4v) is 2.40. The van der Waals surface area contributed by atoms with Crippen LogP contribution >= 0.6 is 35.3 Å². The maximum Gasteiger partial charge on any atom is 0.191 e. The number of rotatable bonds is 6. The molecule has 8 heteroatoms. The first-order valence-corrected chi connectivity index (χ1v) is 7.49. The molecule has 0 aliphatic carbocycles. The molecule has 0 aliphatic rings. The van der Waals surface area contributed by atoms with E-state index < -0.39 is 0 Å². The largest absolute Gasteiger partial charge is 0.357 e. The molecule has 0 aliphatic heterocycles. The van der Waals surface area contributed by atoms with Gasteiger partial charge in [0.2, 0.25) is 0 Å². The van der Waals surface area contributed by atoms with Crippen molar-refractivity contribution in [1.29, 1.82) is 0 Å². The number of aromatic nitrogens is 3. The molecule has 2 rings (SSSR count). The van der Waals surface area contributed by atoms with Gasteiger partial charge in [0, 0.05) is 43.1 Å². The molecular formula is C13H21IN6S. The van der Waals surface area contributed by atoms with E-state index in [2.05, 4.69) is 39.4 Å². The zero-order chi connectivity index (χ0) is 14.2. The molecule has 2 aromatic rings. The summed E-state index contributed by atoms with van der Waals surface area (Å²) in [7, 11) is 0. The number of imidazole rings is 1. The monoisotopic (exact) mass is 420 g/mol. The molecular weight excluding hydrogens is 399 g/mol. The maximum absolute atomic E-state index is 4.53. The van der Waals surface area contributed by atoms with Gasteiger partial charge in [0.05, 0.1) is 12.9 Å². The normalized spacial score (nSPS) is 11.0. The standard InChI is InChI=1S/C13H20N6S.HI/c1-3-15-13(16-5-7-19-6-4-14-10-19)18-9-12-17-8-11(2)20-12;/h4,6,8,10H,3,5,7,9H2,1-2H3,(H2,15,16,18);1H. The lowest BCUT2D eigenvalue weighted by molar-refractivity contribution is 0.662. The van der Waals surface area contributed by atoms with Crippen LogP contribution in [0.15, 0.2) is 29.9 Å². The van der Waals surface area contributed by atoms with E-state index in [0.717, 1.165) is 30.6 Å². The van der Waals surface area contributed by atoms with Crippen molar-refractivity contribution in [2.45, 2.75) is 26.9 Å². The molecule has 116 valence electrons. The zero-order valence-corrected chi connectivity index (χ0v) is 15.4. The van der Waals surface area contributed by atoms with Gasteiger partial charge in [-0.05, 0) is 13.8 Å². The molecule has 2 aromatic heterocycles. The van der Waals surface area contributed by atoms with Gasteiger partial charge in [0.25, 0.3) is 0 Å². The average molecular weight is 420 g/mol. The van der Waals surface area contributed by atoms with Crippen LogP contribution in [0.2, 0.25) is 0 Å². The van der Waals surface area contributed by atoms with Gasteiger partial charge in [-0.3, -0.25) is 0 Å². The van der Waals surface area contributed by atoms with E-state index in [1.807, 2.05) is 23.3 Å². The van der Waals surface area contributed by atoms with Gasteiger partial charge >= 0.3 is 0 Å². The molecule has 0 amide bonds. The molecule has 0 aromatic carbocycles. The molecule has 0 saturated carbocycles. The number of thiazole rings is 1. The summed E-state index contributed by atoms with van der Waals surface area (Å²) < 4.78 is 2.03. The van der Waals surface area contributed by atoms with Crippen molar-refractivity contribution in [3.05, 3.63) is 34.8 Å². The molecule has 2 N–H and O–H groups in total. The lowest BCUT2D eigenvalue weighted by atomic mass is 10.6. The van der Waals surface area contributed by atoms with E-state index in [0.29, 0.717) is 6.54 Å². The molecule has 0 bridgehead atoms. The van der Waals surface area contributed by atoms with Crippen molar-refractivity contribution in [3.8, 4) is 0 Å². The SMILES string of the molecule is CCNC(=NCc1ncc(C)s1)NCCn1ccnc1.I. The predicted octanol–water partition coefficient (Wildman–Crippen LogP) is 2.02. The number of halogens is 1. The van der Waals surface area contributed by atoms with Crippen LogP contribution in [0.4, 0.5) is 0 Å². The minimum Gasteiger partial charge on any atom is -0.357 e. The Labute approximate surface area is 146 Å². The summed E-state index contributed by atoms with van der Waals surface area (Å²) >= 11 is 1.68. The van der Waals surface area contributed by atoms with Crippen LogP contribution in [0.5, 0.6) is 0 Å². The van der Waals surface area contributed by atoms with Gasteiger partial charge in [-0.1, -0.05) is 0 Å². The highest BCUT2D eigenvalue weighted by molar-refractivity contribution is 14.0. The summed E-state index contributed by atoms with van der Waals surface area (Å²) in [5.74, 6) is 0.820. The van der Waals surface area contributed by atoms with Crippen molar-refractivity contribution in [1.82, 2.24) is 25.2 Å². The summed E-state index contributed by atoms with van der Waals surface area (Å²) in [6.07, 6.45) is 7.42. The first-order valence-electron chi connectivity index (χ1n) is 6.67. The van der Waals surface area contributed by atoms with E-state index in [4.69, 9.17) is 0 Å². The maximum atomic E-state index is 4.53. The Balaban J connectivity index is 0.00000220. The third kappa shape index (κ3) is 6.42. The Morgan fingerprint density at radius 1 is 1.43 bits per heavy atom. The van der Waals surface area contributed by atoms with Crippen LogP contribution in [-0.4, -0.2) is 33.6 Å². The summed E-state index contributed by atoms with van der Waals surface area (Å²) in [4.78, 5) is 14.1. The molecule has 0 saturated heterocycles. The summed E-state index contributed by atoms with van der Waals surface area (Å²) in [6, 6.07) is 0. The van der Waals surface area contributed by atoms with E-state index in [-0.39, 0.29) is 24.0 Å². The number of guanidine groups is 1. The molecule has 2 heterocycles. The smallest absolute Gasteiger partial charge is 0.191 e. The van der Waals surface area contributed by atoms with Crippen LogP contribution < -0.4 is 10.6 Å². The van der Waals surface area contributed by atoms with Crippen molar-refractivity contribution >= 4 is 41.3 Å². The lowest BCUT2D eigenvalue weighted by Crippen LogP contribution is -2.38. The Bertz CT molecular complexity index is 537. The van der Waals surface area contributed by atoms with Crippen LogP contribution in [-0.2, 0) is 13.1 Å². The van der Waals surface area contributed by atoms with Gasteiger partial charge < -0.3 is 15.2 Å². The van der Waals surface area contributed by atoms with E-state index >= 15 is 0 Å². The Morgan fingerprint density at radius 2 is 2.29 bits per heavy atom. The predicted molar refractivity (Wildman–Crippen MR) is 97.3 cm³/mol. The highest BCUT2D eigenvalue weighted by atomic mass is 127. The van der Waals surface area contributed by atoms with Crippen molar-refractivity contribution in [2.75, 3.05) is 13.1 Å². The number of hydrogen-bond acceptors (Lipinski definition) is 4. The molecule has 0 radical (unpaired) electrons. The van der Waals surface area contributed by atoms with E-state index in [1.165, 1.54) is 4.88 Å². The van der Waals surface area contributed by atoms with E-state index in [9.17, 15) is 0 Å². The number of nitrogens with one attached hydrogen (secondary N) is 2. The Hall–Kier alpha value is -1.16. The molecule has 21 heavy (non-hydrogen) atoms. The minimum atomic E-state index is 0. The molecule has 6 nitrogen and oxygen atoms in total. The van der Waals surface area contributed by atoms with Crippen molar-refractivity contribution < 1.29 is 0 Å². The Kier molecular flexibility index (Phi) is 8.28. The second-order valence-corrected chi connectivity index (χ2v) is 5.61. The molecule has 0 unspecified atom stereocenters. The second kappa shape index (κ2) is 9.72. The fourth-order valence-electron chi connectivity index (χ4n) is 1.69. The minimum absolute atomic E-state index is 0. The summed E-state index contributed by atoms with van der Waals surface area (Å²) in [6.45, 7) is 7.23. The van der Waals surface area contributed by atoms with E-state index in [1.54, 1.807) is 17.5 Å².